The van der Waals surface area contributed by atoms with Crippen LogP contribution < -0.4 is 5.73 Å². The highest BCUT2D eigenvalue weighted by molar-refractivity contribution is 5.50. The van der Waals surface area contributed by atoms with Crippen molar-refractivity contribution >= 4 is 5.52 Å². The van der Waals surface area contributed by atoms with Crippen molar-refractivity contribution in [3.8, 4) is 0 Å². The summed E-state index contributed by atoms with van der Waals surface area (Å²) in [6, 6.07) is 6.31. The Morgan fingerprint density at radius 3 is 2.59 bits per heavy atom. The molecule has 0 aliphatic heterocycles. The number of aromatic nitrogens is 2. The average Bonchev–Trinajstić information content (AvgIpc) is 2.84. The second kappa shape index (κ2) is 3.10. The lowest BCUT2D eigenvalue weighted by Gasteiger charge is -2.21. The van der Waals surface area contributed by atoms with Crippen molar-refractivity contribution in [2.75, 3.05) is 0 Å². The molecule has 0 radical (unpaired) electrons. The van der Waals surface area contributed by atoms with Crippen LogP contribution in [-0.2, 0) is 11.0 Å². The van der Waals surface area contributed by atoms with E-state index in [1.54, 1.807) is 0 Å². The molecule has 0 amide bonds. The van der Waals surface area contributed by atoms with Gasteiger partial charge in [0.15, 0.2) is 0 Å². The topological polar surface area (TPSA) is 43.3 Å². The van der Waals surface area contributed by atoms with Crippen molar-refractivity contribution in [1.82, 2.24) is 9.38 Å². The SMILES string of the molecule is CC(C)(C)c1ncc2cccc(C3(N)CC3)n12. The van der Waals surface area contributed by atoms with Crippen LogP contribution in [0.3, 0.4) is 0 Å². The van der Waals surface area contributed by atoms with Crippen molar-refractivity contribution in [3.63, 3.8) is 0 Å². The minimum Gasteiger partial charge on any atom is -0.320 e. The molecule has 3 nitrogen and oxygen atoms in total. The molecule has 0 atom stereocenters. The quantitative estimate of drug-likeness (QED) is 0.816. The minimum absolute atomic E-state index is 0.0355. The molecule has 0 spiro atoms. The van der Waals surface area contributed by atoms with Crippen LogP contribution in [0.2, 0.25) is 0 Å². The highest BCUT2D eigenvalue weighted by Gasteiger charge is 2.42. The van der Waals surface area contributed by atoms with Gasteiger partial charge in [0.25, 0.3) is 0 Å². The van der Waals surface area contributed by atoms with E-state index >= 15 is 0 Å². The number of fused-ring (bicyclic) bond motifs is 1. The predicted octanol–water partition coefficient (Wildman–Crippen LogP) is 2.58. The Hall–Kier alpha value is -1.35. The van der Waals surface area contributed by atoms with Crippen LogP contribution in [0.25, 0.3) is 5.52 Å². The number of nitrogens with two attached hydrogens (primary N) is 1. The zero-order valence-corrected chi connectivity index (χ0v) is 10.7. The first kappa shape index (κ1) is 10.8. The first-order chi connectivity index (χ1) is 7.92. The second-order valence-corrected chi connectivity index (χ2v) is 6.16. The van der Waals surface area contributed by atoms with E-state index in [1.165, 1.54) is 5.69 Å². The van der Waals surface area contributed by atoms with Gasteiger partial charge in [0.2, 0.25) is 0 Å². The summed E-state index contributed by atoms with van der Waals surface area (Å²) >= 11 is 0. The lowest BCUT2D eigenvalue weighted by Crippen LogP contribution is -2.25. The largest absolute Gasteiger partial charge is 0.320 e. The molecule has 3 heteroatoms. The van der Waals surface area contributed by atoms with Crippen LogP contribution in [-0.4, -0.2) is 9.38 Å². The van der Waals surface area contributed by atoms with E-state index in [-0.39, 0.29) is 11.0 Å². The molecule has 2 aromatic heterocycles. The summed E-state index contributed by atoms with van der Waals surface area (Å²) in [4.78, 5) is 4.58. The molecule has 0 aromatic carbocycles. The lowest BCUT2D eigenvalue weighted by molar-refractivity contribution is 0.531. The van der Waals surface area contributed by atoms with Gasteiger partial charge < -0.3 is 5.73 Å². The zero-order chi connectivity index (χ0) is 12.3. The smallest absolute Gasteiger partial charge is 0.118 e. The highest BCUT2D eigenvalue weighted by Crippen LogP contribution is 2.43. The molecule has 1 aliphatic carbocycles. The maximum absolute atomic E-state index is 6.36. The molecule has 2 aromatic rings. The number of nitrogens with zero attached hydrogens (tertiary/aromatic N) is 2. The maximum Gasteiger partial charge on any atom is 0.118 e. The second-order valence-electron chi connectivity index (χ2n) is 6.16. The van der Waals surface area contributed by atoms with Crippen LogP contribution in [0.4, 0.5) is 0 Å². The zero-order valence-electron chi connectivity index (χ0n) is 10.7. The summed E-state index contributed by atoms with van der Waals surface area (Å²) in [7, 11) is 0. The number of hydrogen-bond donors (Lipinski definition) is 1. The third-order valence-electron chi connectivity index (χ3n) is 3.52. The van der Waals surface area contributed by atoms with Gasteiger partial charge in [0.1, 0.15) is 5.82 Å². The molecule has 17 heavy (non-hydrogen) atoms. The van der Waals surface area contributed by atoms with Gasteiger partial charge in [-0.15, -0.1) is 0 Å². The van der Waals surface area contributed by atoms with Gasteiger partial charge in [-0.25, -0.2) is 4.98 Å². The Bertz CT molecular complexity index is 571. The summed E-state index contributed by atoms with van der Waals surface area (Å²) in [5.74, 6) is 1.10. The van der Waals surface area contributed by atoms with Gasteiger partial charge in [-0.3, -0.25) is 4.40 Å². The van der Waals surface area contributed by atoms with Crippen molar-refractivity contribution in [3.05, 3.63) is 35.9 Å². The van der Waals surface area contributed by atoms with Crippen LogP contribution in [0.5, 0.6) is 0 Å². The first-order valence-electron chi connectivity index (χ1n) is 6.18. The normalized spacial score (nSPS) is 18.6. The van der Waals surface area contributed by atoms with E-state index in [4.69, 9.17) is 5.73 Å². The molecule has 1 aliphatic rings. The Morgan fingerprint density at radius 2 is 2.00 bits per heavy atom. The molecular weight excluding hydrogens is 210 g/mol. The number of rotatable bonds is 1. The lowest BCUT2D eigenvalue weighted by atomic mass is 9.95. The third-order valence-corrected chi connectivity index (χ3v) is 3.52. The number of pyridine rings is 1. The molecule has 3 rings (SSSR count). The molecule has 1 fully saturated rings. The highest BCUT2D eigenvalue weighted by atomic mass is 15.1. The van der Waals surface area contributed by atoms with Gasteiger partial charge in [-0.1, -0.05) is 26.8 Å². The van der Waals surface area contributed by atoms with Crippen LogP contribution >= 0.6 is 0 Å². The minimum atomic E-state index is -0.125. The molecular formula is C14H19N3. The van der Waals surface area contributed by atoms with E-state index in [0.717, 1.165) is 24.2 Å². The van der Waals surface area contributed by atoms with Gasteiger partial charge in [-0.05, 0) is 25.0 Å². The number of imidazole rings is 1. The molecule has 1 saturated carbocycles. The third kappa shape index (κ3) is 1.57. The monoisotopic (exact) mass is 229 g/mol. The summed E-state index contributed by atoms with van der Waals surface area (Å²) in [5.41, 5.74) is 8.62. The molecule has 0 bridgehead atoms. The Kier molecular flexibility index (Phi) is 1.97. The van der Waals surface area contributed by atoms with E-state index in [1.807, 2.05) is 6.20 Å². The van der Waals surface area contributed by atoms with Gasteiger partial charge >= 0.3 is 0 Å². The summed E-state index contributed by atoms with van der Waals surface area (Å²) in [5, 5.41) is 0. The molecule has 0 saturated heterocycles. The molecule has 90 valence electrons. The first-order valence-corrected chi connectivity index (χ1v) is 6.18. The van der Waals surface area contributed by atoms with Crippen LogP contribution in [0.15, 0.2) is 24.4 Å². The van der Waals surface area contributed by atoms with E-state index in [2.05, 4.69) is 48.4 Å². The van der Waals surface area contributed by atoms with E-state index in [0.29, 0.717) is 0 Å². The van der Waals surface area contributed by atoms with Crippen LogP contribution in [0.1, 0.15) is 45.1 Å². The predicted molar refractivity (Wildman–Crippen MR) is 69.0 cm³/mol. The fraction of sp³-hybridized carbons (Fsp3) is 0.500. The van der Waals surface area contributed by atoms with Crippen molar-refractivity contribution in [1.29, 1.82) is 0 Å². The van der Waals surface area contributed by atoms with Crippen molar-refractivity contribution < 1.29 is 0 Å². The summed E-state index contributed by atoms with van der Waals surface area (Å²) in [6.07, 6.45) is 4.09. The average molecular weight is 229 g/mol. The fourth-order valence-corrected chi connectivity index (χ4v) is 2.36. The molecule has 2 N–H and O–H groups in total. The molecule has 0 unspecified atom stereocenters. The number of hydrogen-bond acceptors (Lipinski definition) is 2. The van der Waals surface area contributed by atoms with Gasteiger partial charge in [0, 0.05) is 11.1 Å². The van der Waals surface area contributed by atoms with E-state index < -0.39 is 0 Å². The van der Waals surface area contributed by atoms with Crippen LogP contribution in [0, 0.1) is 0 Å². The van der Waals surface area contributed by atoms with Crippen molar-refractivity contribution in [2.45, 2.75) is 44.6 Å². The van der Waals surface area contributed by atoms with E-state index in [9.17, 15) is 0 Å². The molecule has 2 heterocycles. The summed E-state index contributed by atoms with van der Waals surface area (Å²) < 4.78 is 2.24. The Morgan fingerprint density at radius 1 is 1.29 bits per heavy atom. The Balaban J connectivity index is 2.32. The van der Waals surface area contributed by atoms with Gasteiger partial charge in [0.05, 0.1) is 17.3 Å². The fourth-order valence-electron chi connectivity index (χ4n) is 2.36. The standard InChI is InChI=1S/C14H19N3/c1-13(2,3)12-16-9-10-5-4-6-11(17(10)12)14(15)7-8-14/h4-6,9H,7-8,15H2,1-3H3. The van der Waals surface area contributed by atoms with Gasteiger partial charge in [-0.2, -0.15) is 0 Å². The summed E-state index contributed by atoms with van der Waals surface area (Å²) in [6.45, 7) is 6.57. The maximum atomic E-state index is 6.36. The Labute approximate surface area is 102 Å². The van der Waals surface area contributed by atoms with Crippen molar-refractivity contribution in [2.24, 2.45) is 5.73 Å².